The van der Waals surface area contributed by atoms with Crippen molar-refractivity contribution in [3.63, 3.8) is 0 Å². The van der Waals surface area contributed by atoms with Gasteiger partial charge in [0, 0.05) is 0 Å². The van der Waals surface area contributed by atoms with Gasteiger partial charge in [-0.2, -0.15) is 0 Å². The molecule has 2 aromatic carbocycles. The van der Waals surface area contributed by atoms with Crippen LogP contribution in [0.1, 0.15) is 5.56 Å². The molecule has 0 aliphatic carbocycles. The van der Waals surface area contributed by atoms with Crippen LogP contribution >= 0.6 is 20.2 Å². The van der Waals surface area contributed by atoms with Gasteiger partial charge in [0.25, 0.3) is 0 Å². The summed E-state index contributed by atoms with van der Waals surface area (Å²) >= 11 is -5.86. The molecule has 198 valence electrons. The standard InChI is InChI=1S/C20H20F9IO3SSi/c1-13-5-9-15(10-6-13)34(31,32)33-30(14-7-11-16(12-8-14)35(2,3)4)20(28,29)18(23,24)17(21,22)19(25,26)27/h5-12H,1-4H3. The monoisotopic (exact) mass is 666 g/mol. The van der Waals surface area contributed by atoms with E-state index in [2.05, 4.69) is 2.51 Å². The number of alkyl halides is 10. The molecule has 2 aromatic rings. The van der Waals surface area contributed by atoms with Crippen LogP contribution in [0.3, 0.4) is 0 Å². The molecule has 15 heteroatoms. The van der Waals surface area contributed by atoms with E-state index in [1.807, 2.05) is 19.6 Å². The van der Waals surface area contributed by atoms with E-state index < -0.39 is 68.8 Å². The van der Waals surface area contributed by atoms with E-state index in [1.165, 1.54) is 24.3 Å². The van der Waals surface area contributed by atoms with E-state index in [9.17, 15) is 47.9 Å². The van der Waals surface area contributed by atoms with E-state index in [0.29, 0.717) is 10.8 Å². The first-order valence-electron chi connectivity index (χ1n) is 9.58. The molecule has 0 spiro atoms. The van der Waals surface area contributed by atoms with Gasteiger partial charge in [-0.15, -0.1) is 0 Å². The zero-order valence-corrected chi connectivity index (χ0v) is 22.5. The van der Waals surface area contributed by atoms with Gasteiger partial charge in [0.1, 0.15) is 0 Å². The van der Waals surface area contributed by atoms with Gasteiger partial charge in [-0.1, -0.05) is 0 Å². The Hall–Kier alpha value is -1.33. The van der Waals surface area contributed by atoms with E-state index in [0.717, 1.165) is 24.3 Å². The van der Waals surface area contributed by atoms with Crippen molar-refractivity contribution >= 4 is 43.6 Å². The van der Waals surface area contributed by atoms with Crippen LogP contribution < -0.4 is 5.19 Å². The van der Waals surface area contributed by atoms with Crippen molar-refractivity contribution in [3.8, 4) is 0 Å². The maximum atomic E-state index is 15.0. The normalized spacial score (nSPS) is 14.7. The van der Waals surface area contributed by atoms with Gasteiger partial charge in [-0.25, -0.2) is 0 Å². The number of halogens is 10. The summed E-state index contributed by atoms with van der Waals surface area (Å²) in [6.45, 7) is 7.06. The molecule has 2 rings (SSSR count). The van der Waals surface area contributed by atoms with Gasteiger partial charge < -0.3 is 0 Å². The molecule has 0 bridgehead atoms. The second-order valence-electron chi connectivity index (χ2n) is 8.48. The first-order chi connectivity index (χ1) is 15.6. The van der Waals surface area contributed by atoms with Crippen LogP contribution in [-0.2, 0) is 12.6 Å². The van der Waals surface area contributed by atoms with Crippen molar-refractivity contribution in [1.82, 2.24) is 0 Å². The first-order valence-corrected chi connectivity index (χ1v) is 17.5. The predicted molar refractivity (Wildman–Crippen MR) is 122 cm³/mol. The summed E-state index contributed by atoms with van der Waals surface area (Å²) in [7, 11) is -7.33. The van der Waals surface area contributed by atoms with Crippen molar-refractivity contribution in [3.05, 3.63) is 57.7 Å². The van der Waals surface area contributed by atoms with Crippen molar-refractivity contribution < 1.29 is 50.4 Å². The molecule has 0 aliphatic rings. The van der Waals surface area contributed by atoms with Crippen molar-refractivity contribution in [1.29, 1.82) is 0 Å². The van der Waals surface area contributed by atoms with Gasteiger partial charge in [0.05, 0.1) is 0 Å². The van der Waals surface area contributed by atoms with Gasteiger partial charge in [-0.05, 0) is 0 Å². The number of rotatable bonds is 8. The van der Waals surface area contributed by atoms with Crippen LogP contribution in [0.25, 0.3) is 0 Å². The first kappa shape index (κ1) is 29.9. The quantitative estimate of drug-likeness (QED) is 0.133. The molecule has 0 saturated carbocycles. The molecule has 0 aromatic heterocycles. The summed E-state index contributed by atoms with van der Waals surface area (Å²) < 4.78 is 146. The molecule has 0 saturated heterocycles. The topological polar surface area (TPSA) is 43.4 Å². The Kier molecular flexibility index (Phi) is 8.13. The Morgan fingerprint density at radius 3 is 1.60 bits per heavy atom. The van der Waals surface area contributed by atoms with Crippen LogP contribution in [-0.4, -0.2) is 38.4 Å². The molecule has 35 heavy (non-hydrogen) atoms. The van der Waals surface area contributed by atoms with Crippen LogP contribution in [0.15, 0.2) is 53.4 Å². The fourth-order valence-corrected chi connectivity index (χ4v) is 10.7. The molecule has 0 heterocycles. The SMILES string of the molecule is Cc1ccc(S(=O)(=O)OI(c2ccc([Si](C)(C)C)cc2)C(F)(F)C(F)(F)C(F)(F)C(F)(F)F)cc1. The second-order valence-corrected chi connectivity index (χ2v) is 20.2. The number of aryl methyl sites for hydroxylation is 1. The van der Waals surface area contributed by atoms with Crippen LogP contribution in [0.5, 0.6) is 0 Å². The molecule has 0 fully saturated rings. The summed E-state index contributed by atoms with van der Waals surface area (Å²) in [6, 6.07) is 8.28. The van der Waals surface area contributed by atoms with Gasteiger partial charge >= 0.3 is 205 Å². The summed E-state index contributed by atoms with van der Waals surface area (Å²) in [6.07, 6.45) is -7.04. The Labute approximate surface area is 204 Å². The number of hydrogen-bond donors (Lipinski definition) is 0. The Morgan fingerprint density at radius 2 is 1.20 bits per heavy atom. The molecule has 0 N–H and O–H groups in total. The third-order valence-electron chi connectivity index (χ3n) is 4.69. The fourth-order valence-electron chi connectivity index (χ4n) is 2.57. The van der Waals surface area contributed by atoms with E-state index in [-0.39, 0.29) is 0 Å². The number of hydrogen-bond acceptors (Lipinski definition) is 3. The number of benzene rings is 2. The van der Waals surface area contributed by atoms with Gasteiger partial charge in [-0.3, -0.25) is 0 Å². The summed E-state index contributed by atoms with van der Waals surface area (Å²) in [5.41, 5.74) is 0.530. The third-order valence-corrected chi connectivity index (χ3v) is 14.2. The molecule has 0 radical (unpaired) electrons. The van der Waals surface area contributed by atoms with E-state index in [1.54, 1.807) is 6.92 Å². The summed E-state index contributed by atoms with van der Waals surface area (Å²) in [5, 5.41) is 0.606. The Morgan fingerprint density at radius 1 is 0.743 bits per heavy atom. The third kappa shape index (κ3) is 5.82. The molecule has 0 aliphatic heterocycles. The molecule has 3 nitrogen and oxygen atoms in total. The van der Waals surface area contributed by atoms with Crippen molar-refractivity contribution in [2.24, 2.45) is 0 Å². The Bertz CT molecular complexity index is 1140. The minimum atomic E-state index is -7.17. The average Bonchev–Trinajstić information content (AvgIpc) is 2.70. The molecular formula is C20H20F9IO3SSi. The van der Waals surface area contributed by atoms with Crippen LogP contribution in [0.2, 0.25) is 19.6 Å². The molecule has 0 unspecified atom stereocenters. The summed E-state index contributed by atoms with van der Waals surface area (Å²) in [5.74, 6) is -14.2. The van der Waals surface area contributed by atoms with E-state index >= 15 is 0 Å². The van der Waals surface area contributed by atoms with Crippen molar-refractivity contribution in [2.75, 3.05) is 0 Å². The van der Waals surface area contributed by atoms with Crippen LogP contribution in [0, 0.1) is 10.5 Å². The van der Waals surface area contributed by atoms with Gasteiger partial charge in [0.2, 0.25) is 0 Å². The maximum absolute atomic E-state index is 15.0. The minimum absolute atomic E-state index is 0.530. The zero-order chi connectivity index (χ0) is 27.3. The fraction of sp³-hybridized carbons (Fsp3) is 0.400. The van der Waals surface area contributed by atoms with E-state index in [4.69, 9.17) is 0 Å². The summed E-state index contributed by atoms with van der Waals surface area (Å²) in [4.78, 5) is -0.759. The predicted octanol–water partition coefficient (Wildman–Crippen LogP) is 6.96. The Balaban J connectivity index is 2.70. The zero-order valence-electron chi connectivity index (χ0n) is 18.5. The van der Waals surface area contributed by atoms with Crippen LogP contribution in [0.4, 0.5) is 39.5 Å². The van der Waals surface area contributed by atoms with Crippen molar-refractivity contribution in [2.45, 2.75) is 53.4 Å². The average molecular weight is 666 g/mol. The molecule has 0 atom stereocenters. The molecular weight excluding hydrogens is 646 g/mol. The second kappa shape index (κ2) is 9.52. The van der Waals surface area contributed by atoms with Gasteiger partial charge in [0.15, 0.2) is 0 Å². The molecule has 0 amide bonds.